The summed E-state index contributed by atoms with van der Waals surface area (Å²) in [5, 5.41) is 24.9. The number of aromatic nitrogens is 4. The van der Waals surface area contributed by atoms with Crippen LogP contribution in [0.25, 0.3) is 11.2 Å². The van der Waals surface area contributed by atoms with Gasteiger partial charge in [0.15, 0.2) is 17.7 Å². The molecule has 7 N–H and O–H groups in total. The molecule has 0 saturated carbocycles. The number of ether oxygens (including phenoxy) is 3. The van der Waals surface area contributed by atoms with E-state index in [1.165, 1.54) is 30.8 Å². The maximum atomic E-state index is 14.2. The van der Waals surface area contributed by atoms with E-state index < -0.39 is 56.4 Å². The Morgan fingerprint density at radius 1 is 1.20 bits per heavy atom. The van der Waals surface area contributed by atoms with E-state index in [0.29, 0.717) is 5.56 Å². The number of hydrogen-bond donors (Lipinski definition) is 5. The van der Waals surface area contributed by atoms with Crippen molar-refractivity contribution >= 4 is 42.6 Å². The molecule has 1 aliphatic heterocycles. The molecule has 1 aliphatic rings. The molecule has 0 aliphatic carbocycles. The maximum Gasteiger partial charge on any atom is 0.459 e. The van der Waals surface area contributed by atoms with Gasteiger partial charge in [0.05, 0.1) is 26.1 Å². The number of aryl methyl sites for hydroxylation is 1. The molecule has 0 bridgehead atoms. The molecule has 1 fully saturated rings. The van der Waals surface area contributed by atoms with Gasteiger partial charge in [0, 0.05) is 6.42 Å². The Balaban J connectivity index is 1.57. The second kappa shape index (κ2) is 14.1. The summed E-state index contributed by atoms with van der Waals surface area (Å²) in [7, 11) is -4.43. The topological polar surface area (TPSA) is 245 Å². The van der Waals surface area contributed by atoms with Crippen LogP contribution in [0.2, 0.25) is 0 Å². The van der Waals surface area contributed by atoms with Gasteiger partial charge in [-0.1, -0.05) is 18.2 Å². The van der Waals surface area contributed by atoms with Gasteiger partial charge in [-0.05, 0) is 45.7 Å². The van der Waals surface area contributed by atoms with Crippen LogP contribution in [0.15, 0.2) is 30.6 Å². The molecule has 17 nitrogen and oxygen atoms in total. The third-order valence-corrected chi connectivity index (χ3v) is 8.60. The van der Waals surface area contributed by atoms with Crippen LogP contribution in [0.4, 0.5) is 11.8 Å². The van der Waals surface area contributed by atoms with Crippen molar-refractivity contribution in [3.63, 3.8) is 0 Å². The van der Waals surface area contributed by atoms with E-state index in [1.807, 2.05) is 0 Å². The van der Waals surface area contributed by atoms with E-state index in [4.69, 9.17) is 34.7 Å². The number of para-hydroxylation sites is 1. The lowest BCUT2D eigenvalue weighted by molar-refractivity contribution is -0.145. The van der Waals surface area contributed by atoms with Crippen molar-refractivity contribution in [1.82, 2.24) is 24.6 Å². The highest BCUT2D eigenvalue weighted by molar-refractivity contribution is 7.52. The second-order valence-electron chi connectivity index (χ2n) is 10.4. The lowest BCUT2D eigenvalue weighted by Gasteiger charge is -2.27. The summed E-state index contributed by atoms with van der Waals surface area (Å²) < 4.78 is 43.1. The fourth-order valence-corrected chi connectivity index (χ4v) is 6.26. The fourth-order valence-electron chi connectivity index (χ4n) is 4.72. The molecule has 6 atom stereocenters. The van der Waals surface area contributed by atoms with Crippen molar-refractivity contribution in [3.8, 4) is 5.75 Å². The number of benzene rings is 1. The number of imidazole rings is 1. The van der Waals surface area contributed by atoms with Crippen LogP contribution in [-0.2, 0) is 39.3 Å². The number of nitrogens with one attached hydrogen (secondary N) is 1. The first kappa shape index (κ1) is 34.0. The van der Waals surface area contributed by atoms with Gasteiger partial charge < -0.3 is 40.4 Å². The minimum atomic E-state index is -4.43. The van der Waals surface area contributed by atoms with Crippen LogP contribution in [0.3, 0.4) is 0 Å². The zero-order chi connectivity index (χ0) is 32.9. The van der Waals surface area contributed by atoms with Crippen molar-refractivity contribution in [3.05, 3.63) is 36.2 Å². The van der Waals surface area contributed by atoms with E-state index >= 15 is 0 Å². The summed E-state index contributed by atoms with van der Waals surface area (Å²) >= 11 is 0. The predicted octanol–water partition coefficient (Wildman–Crippen LogP) is 1.24. The third-order valence-electron chi connectivity index (χ3n) is 6.97. The average Bonchev–Trinajstić information content (AvgIpc) is 3.49. The van der Waals surface area contributed by atoms with Crippen LogP contribution < -0.4 is 21.1 Å². The smallest absolute Gasteiger partial charge is 0.459 e. The average molecular weight is 652 g/mol. The number of aliphatic hydroxyl groups excluding tert-OH is 1. The molecule has 4 rings (SSSR count). The summed E-state index contributed by atoms with van der Waals surface area (Å²) in [5.41, 5.74) is 10.6. The number of rotatable bonds is 14. The highest BCUT2D eigenvalue weighted by Gasteiger charge is 2.54. The number of hydrogen-bond acceptors (Lipinski definition) is 15. The number of fused-ring (bicyclic) bond motifs is 1. The quantitative estimate of drug-likeness (QED) is 0.122. The molecule has 3 aromatic rings. The first-order valence-corrected chi connectivity index (χ1v) is 15.8. The van der Waals surface area contributed by atoms with Crippen LogP contribution in [0.5, 0.6) is 5.75 Å². The number of nitrogens with two attached hydrogens (primary N) is 2. The molecule has 2 aromatic heterocycles. The molecule has 246 valence electrons. The SMILES string of the molecule is CCOC(=O)CCc1ccccc1O[P@@](=O)(N[C@@H](C)C(=O)OCC)OC[C@H]1O[C@@H](n2cnc3c(N)nc(N)nc32)C(C)(O)[C@H]1O. The Bertz CT molecular complexity index is 1570. The molecule has 1 saturated heterocycles. The van der Waals surface area contributed by atoms with Crippen LogP contribution in [0.1, 0.15) is 45.9 Å². The molecule has 3 heterocycles. The van der Waals surface area contributed by atoms with Gasteiger partial charge in [0.1, 0.15) is 35.1 Å². The van der Waals surface area contributed by atoms with Gasteiger partial charge in [-0.15, -0.1) is 0 Å². The van der Waals surface area contributed by atoms with Gasteiger partial charge in [-0.25, -0.2) is 9.55 Å². The number of nitrogen functional groups attached to an aromatic ring is 2. The summed E-state index contributed by atoms with van der Waals surface area (Å²) in [6.45, 7) is 5.81. The maximum absolute atomic E-state index is 14.2. The summed E-state index contributed by atoms with van der Waals surface area (Å²) in [5.74, 6) is -1.14. The van der Waals surface area contributed by atoms with Crippen molar-refractivity contribution < 1.29 is 47.6 Å². The highest BCUT2D eigenvalue weighted by atomic mass is 31.2. The van der Waals surface area contributed by atoms with Crippen molar-refractivity contribution in [1.29, 1.82) is 0 Å². The van der Waals surface area contributed by atoms with Gasteiger partial charge in [0.2, 0.25) is 5.95 Å². The number of carbonyl (C=O) groups excluding carboxylic acids is 2. The van der Waals surface area contributed by atoms with Crippen LogP contribution in [0, 0.1) is 0 Å². The first-order valence-electron chi connectivity index (χ1n) is 14.2. The van der Waals surface area contributed by atoms with Gasteiger partial charge in [-0.3, -0.25) is 18.7 Å². The number of aliphatic hydroxyl groups is 2. The minimum Gasteiger partial charge on any atom is -0.466 e. The summed E-state index contributed by atoms with van der Waals surface area (Å²) in [4.78, 5) is 36.5. The largest absolute Gasteiger partial charge is 0.466 e. The monoisotopic (exact) mass is 651 g/mol. The number of anilines is 2. The molecule has 0 amide bonds. The zero-order valence-corrected chi connectivity index (χ0v) is 26.2. The van der Waals surface area contributed by atoms with E-state index in [9.17, 15) is 24.4 Å². The molecule has 45 heavy (non-hydrogen) atoms. The van der Waals surface area contributed by atoms with Gasteiger partial charge in [-0.2, -0.15) is 15.1 Å². The van der Waals surface area contributed by atoms with Crippen molar-refractivity contribution in [2.24, 2.45) is 0 Å². The highest BCUT2D eigenvalue weighted by Crippen LogP contribution is 2.48. The Morgan fingerprint density at radius 2 is 1.91 bits per heavy atom. The third kappa shape index (κ3) is 7.69. The summed E-state index contributed by atoms with van der Waals surface area (Å²) in [6, 6.07) is 5.41. The lowest BCUT2D eigenvalue weighted by Crippen LogP contribution is -2.44. The minimum absolute atomic E-state index is 0.0109. The van der Waals surface area contributed by atoms with Crippen LogP contribution in [-0.4, -0.2) is 85.3 Å². The van der Waals surface area contributed by atoms with E-state index in [0.717, 1.165) is 0 Å². The standard InChI is InChI=1S/C27H38N7O10P/c1-5-40-19(35)12-11-16-9-7-8-10-17(16)44-45(39,33-15(3)24(37)41-6-2)42-13-18-21(36)27(4,38)25(43-18)34-14-30-20-22(28)31-26(29)32-23(20)34/h7-10,14-15,18,21,25,36,38H,5-6,11-13H2,1-4H3,(H,33,39)(H4,28,29,31,32)/t15-,18+,21-,25+,27?,45+/m0/s1. The first-order chi connectivity index (χ1) is 21.3. The molecule has 18 heteroatoms. The number of carbonyl (C=O) groups is 2. The Morgan fingerprint density at radius 3 is 2.62 bits per heavy atom. The molecular weight excluding hydrogens is 613 g/mol. The lowest BCUT2D eigenvalue weighted by atomic mass is 9.96. The molecule has 0 spiro atoms. The molecule has 1 aromatic carbocycles. The normalized spacial score (nSPS) is 23.4. The predicted molar refractivity (Wildman–Crippen MR) is 160 cm³/mol. The molecule has 0 radical (unpaired) electrons. The van der Waals surface area contributed by atoms with Gasteiger partial charge in [0.25, 0.3) is 0 Å². The Labute approximate surface area is 258 Å². The molecular formula is C27H38N7O10P. The Kier molecular flexibility index (Phi) is 10.6. The molecule has 1 unspecified atom stereocenters. The van der Waals surface area contributed by atoms with Crippen LogP contribution >= 0.6 is 7.75 Å². The van der Waals surface area contributed by atoms with Crippen molar-refractivity contribution in [2.75, 3.05) is 31.3 Å². The zero-order valence-electron chi connectivity index (χ0n) is 25.3. The second-order valence-corrected chi connectivity index (χ2v) is 12.1. The van der Waals surface area contributed by atoms with E-state index in [-0.39, 0.29) is 54.7 Å². The van der Waals surface area contributed by atoms with E-state index in [1.54, 1.807) is 32.0 Å². The van der Waals surface area contributed by atoms with Gasteiger partial charge >= 0.3 is 19.7 Å². The van der Waals surface area contributed by atoms with E-state index in [2.05, 4.69) is 20.0 Å². The van der Waals surface area contributed by atoms with Crippen molar-refractivity contribution in [2.45, 2.75) is 70.6 Å². The number of nitrogens with zero attached hydrogens (tertiary/aromatic N) is 4. The number of esters is 2. The fraction of sp³-hybridized carbons (Fsp3) is 0.519. The summed E-state index contributed by atoms with van der Waals surface area (Å²) in [6.07, 6.45) is -2.53. The Hall–Kier alpha value is -3.86.